The summed E-state index contributed by atoms with van der Waals surface area (Å²) < 4.78 is 50.8. The van der Waals surface area contributed by atoms with Gasteiger partial charge in [-0.3, -0.25) is 4.79 Å². The number of nitrogens with zero attached hydrogens (tertiary/aromatic N) is 1. The summed E-state index contributed by atoms with van der Waals surface area (Å²) in [6, 6.07) is 10.0. The highest BCUT2D eigenvalue weighted by atomic mass is 19.4. The molecule has 0 fully saturated rings. The van der Waals surface area contributed by atoms with Crippen LogP contribution in [0.3, 0.4) is 0 Å². The summed E-state index contributed by atoms with van der Waals surface area (Å²) in [5.74, 6) is 0.213. The third-order valence-corrected chi connectivity index (χ3v) is 4.03. The van der Waals surface area contributed by atoms with E-state index in [-0.39, 0.29) is 12.2 Å². The van der Waals surface area contributed by atoms with E-state index >= 15 is 0 Å². The van der Waals surface area contributed by atoms with Gasteiger partial charge >= 0.3 is 6.36 Å². The second-order valence-electron chi connectivity index (χ2n) is 5.97. The number of anilines is 1. The summed E-state index contributed by atoms with van der Waals surface area (Å²) in [7, 11) is 3.03. The molecule has 7 nitrogen and oxygen atoms in total. The van der Waals surface area contributed by atoms with Crippen molar-refractivity contribution < 1.29 is 37.0 Å². The van der Waals surface area contributed by atoms with E-state index < -0.39 is 18.4 Å². The monoisotopic (exact) mass is 410 g/mol. The van der Waals surface area contributed by atoms with Crippen LogP contribution >= 0.6 is 0 Å². The molecule has 1 heterocycles. The second kappa shape index (κ2) is 8.29. The molecular formula is C19H17F3N2O5. The van der Waals surface area contributed by atoms with Gasteiger partial charge in [-0.05, 0) is 42.5 Å². The van der Waals surface area contributed by atoms with E-state index in [0.29, 0.717) is 28.5 Å². The van der Waals surface area contributed by atoms with Crippen molar-refractivity contribution >= 4 is 17.3 Å². The fourth-order valence-corrected chi connectivity index (χ4v) is 2.67. The van der Waals surface area contributed by atoms with Gasteiger partial charge in [0.25, 0.3) is 5.91 Å². The number of benzene rings is 2. The predicted molar refractivity (Wildman–Crippen MR) is 97.3 cm³/mol. The van der Waals surface area contributed by atoms with Crippen molar-refractivity contribution in [3.05, 3.63) is 48.0 Å². The molecule has 0 unspecified atom stereocenters. The van der Waals surface area contributed by atoms with Crippen LogP contribution < -0.4 is 19.5 Å². The molecule has 3 rings (SSSR count). The highest BCUT2D eigenvalue weighted by molar-refractivity contribution is 6.06. The summed E-state index contributed by atoms with van der Waals surface area (Å²) in [6.07, 6.45) is -5.43. The predicted octanol–water partition coefficient (Wildman–Crippen LogP) is 3.73. The van der Waals surface area contributed by atoms with Gasteiger partial charge in [0.2, 0.25) is 6.10 Å². The highest BCUT2D eigenvalue weighted by Crippen LogP contribution is 2.30. The maximum absolute atomic E-state index is 12.4. The zero-order chi connectivity index (χ0) is 21.0. The molecule has 1 N–H and O–H groups in total. The Labute approximate surface area is 164 Å². The Balaban J connectivity index is 1.60. The first-order valence-electron chi connectivity index (χ1n) is 8.41. The van der Waals surface area contributed by atoms with Crippen molar-refractivity contribution in [2.75, 3.05) is 19.5 Å². The van der Waals surface area contributed by atoms with Crippen LogP contribution in [0, 0.1) is 0 Å². The van der Waals surface area contributed by atoms with E-state index in [1.54, 1.807) is 18.2 Å². The standard InChI is InChI=1S/C19H17F3N2O5/c1-26-15-8-3-11(9-16(15)27-2)14-10-17(29-24-14)18(25)23-12-4-6-13(7-5-12)28-19(20,21)22/h3-9,17H,10H2,1-2H3,(H,23,25)/t17-/m1/s1. The van der Waals surface area contributed by atoms with Crippen molar-refractivity contribution in [3.63, 3.8) is 0 Å². The molecule has 0 saturated carbocycles. The molecule has 1 aliphatic rings. The van der Waals surface area contributed by atoms with Gasteiger partial charge in [0.15, 0.2) is 11.5 Å². The fraction of sp³-hybridized carbons (Fsp3) is 0.263. The Morgan fingerprint density at radius 2 is 1.79 bits per heavy atom. The number of amides is 1. The lowest BCUT2D eigenvalue weighted by Gasteiger charge is -2.12. The summed E-state index contributed by atoms with van der Waals surface area (Å²) in [6.45, 7) is 0. The number of hydrogen-bond acceptors (Lipinski definition) is 6. The molecule has 10 heteroatoms. The normalized spacial score (nSPS) is 15.9. The third-order valence-electron chi connectivity index (χ3n) is 4.03. The van der Waals surface area contributed by atoms with E-state index in [2.05, 4.69) is 15.2 Å². The first-order chi connectivity index (χ1) is 13.8. The van der Waals surface area contributed by atoms with Crippen LogP contribution in [0.2, 0.25) is 0 Å². The molecule has 2 aromatic carbocycles. The molecule has 0 radical (unpaired) electrons. The highest BCUT2D eigenvalue weighted by Gasteiger charge is 2.31. The molecule has 0 aliphatic carbocycles. The van der Waals surface area contributed by atoms with Crippen LogP contribution in [-0.4, -0.2) is 38.3 Å². The minimum atomic E-state index is -4.78. The Morgan fingerprint density at radius 1 is 1.10 bits per heavy atom. The molecule has 1 atom stereocenters. The molecule has 0 spiro atoms. The first-order valence-corrected chi connectivity index (χ1v) is 8.41. The number of ether oxygens (including phenoxy) is 3. The zero-order valence-electron chi connectivity index (χ0n) is 15.4. The molecule has 2 aromatic rings. The van der Waals surface area contributed by atoms with Crippen LogP contribution in [0.1, 0.15) is 12.0 Å². The van der Waals surface area contributed by atoms with Crippen molar-refractivity contribution in [1.82, 2.24) is 0 Å². The Morgan fingerprint density at radius 3 is 2.41 bits per heavy atom. The van der Waals surface area contributed by atoms with Gasteiger partial charge in [0.1, 0.15) is 5.75 Å². The average Bonchev–Trinajstić information content (AvgIpc) is 3.18. The molecule has 29 heavy (non-hydrogen) atoms. The van der Waals surface area contributed by atoms with Gasteiger partial charge in [-0.1, -0.05) is 5.16 Å². The average molecular weight is 410 g/mol. The number of rotatable bonds is 6. The second-order valence-corrected chi connectivity index (χ2v) is 5.97. The molecular weight excluding hydrogens is 393 g/mol. The number of methoxy groups -OCH3 is 2. The van der Waals surface area contributed by atoms with E-state index in [1.807, 2.05) is 0 Å². The number of carbonyl (C=O) groups excluding carboxylic acids is 1. The summed E-state index contributed by atoms with van der Waals surface area (Å²) in [5, 5.41) is 6.52. The zero-order valence-corrected chi connectivity index (χ0v) is 15.4. The van der Waals surface area contributed by atoms with Gasteiger partial charge in [-0.2, -0.15) is 0 Å². The van der Waals surface area contributed by atoms with Crippen molar-refractivity contribution in [3.8, 4) is 17.2 Å². The quantitative estimate of drug-likeness (QED) is 0.785. The third kappa shape index (κ3) is 5.09. The number of alkyl halides is 3. The van der Waals surface area contributed by atoms with Crippen LogP contribution in [-0.2, 0) is 9.63 Å². The lowest BCUT2D eigenvalue weighted by atomic mass is 10.0. The lowest BCUT2D eigenvalue weighted by Crippen LogP contribution is -2.28. The molecule has 0 aromatic heterocycles. The number of halogens is 3. The van der Waals surface area contributed by atoms with Crippen LogP contribution in [0.5, 0.6) is 17.2 Å². The topological polar surface area (TPSA) is 78.4 Å². The fourth-order valence-electron chi connectivity index (χ4n) is 2.67. The van der Waals surface area contributed by atoms with Gasteiger partial charge in [-0.15, -0.1) is 13.2 Å². The van der Waals surface area contributed by atoms with Crippen molar-refractivity contribution in [1.29, 1.82) is 0 Å². The summed E-state index contributed by atoms with van der Waals surface area (Å²) >= 11 is 0. The number of carbonyl (C=O) groups is 1. The van der Waals surface area contributed by atoms with Gasteiger partial charge < -0.3 is 24.4 Å². The molecule has 0 bridgehead atoms. The SMILES string of the molecule is COc1ccc(C2=NO[C@@H](C(=O)Nc3ccc(OC(F)(F)F)cc3)C2)cc1OC. The van der Waals surface area contributed by atoms with Crippen LogP contribution in [0.25, 0.3) is 0 Å². The van der Waals surface area contributed by atoms with Gasteiger partial charge in [-0.25, -0.2) is 0 Å². The number of hydrogen-bond donors (Lipinski definition) is 1. The molecule has 1 aliphatic heterocycles. The smallest absolute Gasteiger partial charge is 0.493 e. The minimum Gasteiger partial charge on any atom is -0.493 e. The molecule has 1 amide bonds. The first kappa shape index (κ1) is 20.3. The number of nitrogens with one attached hydrogen (secondary N) is 1. The van der Waals surface area contributed by atoms with Gasteiger partial charge in [0.05, 0.1) is 19.9 Å². The number of oxime groups is 1. The maximum atomic E-state index is 12.4. The lowest BCUT2D eigenvalue weighted by molar-refractivity contribution is -0.274. The molecule has 154 valence electrons. The van der Waals surface area contributed by atoms with Crippen molar-refractivity contribution in [2.24, 2.45) is 5.16 Å². The Bertz CT molecular complexity index is 913. The van der Waals surface area contributed by atoms with Crippen LogP contribution in [0.4, 0.5) is 18.9 Å². The minimum absolute atomic E-state index is 0.219. The van der Waals surface area contributed by atoms with E-state index in [9.17, 15) is 18.0 Å². The maximum Gasteiger partial charge on any atom is 0.573 e. The van der Waals surface area contributed by atoms with Gasteiger partial charge in [0, 0.05) is 17.7 Å². The van der Waals surface area contributed by atoms with Crippen LogP contribution in [0.15, 0.2) is 47.6 Å². The van der Waals surface area contributed by atoms with E-state index in [0.717, 1.165) is 12.1 Å². The van der Waals surface area contributed by atoms with E-state index in [1.165, 1.54) is 26.4 Å². The Kier molecular flexibility index (Phi) is 5.81. The summed E-state index contributed by atoms with van der Waals surface area (Å²) in [5.41, 5.74) is 1.57. The Hall–Kier alpha value is -3.43. The van der Waals surface area contributed by atoms with E-state index in [4.69, 9.17) is 14.3 Å². The molecule has 0 saturated heterocycles. The largest absolute Gasteiger partial charge is 0.573 e. The van der Waals surface area contributed by atoms with Crippen molar-refractivity contribution in [2.45, 2.75) is 18.9 Å². The summed E-state index contributed by atoms with van der Waals surface area (Å²) in [4.78, 5) is 17.6.